The molecule has 0 amide bonds. The molecule has 0 heterocycles. The van der Waals surface area contributed by atoms with E-state index >= 15 is 0 Å². The van der Waals surface area contributed by atoms with Crippen molar-refractivity contribution >= 4 is 10.0 Å². The van der Waals surface area contributed by atoms with Crippen LogP contribution in [0.2, 0.25) is 0 Å². The van der Waals surface area contributed by atoms with E-state index in [0.29, 0.717) is 0 Å². The second-order valence-corrected chi connectivity index (χ2v) is 5.04. The van der Waals surface area contributed by atoms with E-state index in [1.807, 2.05) is 0 Å². The van der Waals surface area contributed by atoms with E-state index in [1.165, 1.54) is 24.3 Å². The first-order chi connectivity index (χ1) is 6.92. The van der Waals surface area contributed by atoms with Crippen molar-refractivity contribution in [2.75, 3.05) is 6.54 Å². The first-order valence-corrected chi connectivity index (χ1v) is 5.83. The van der Waals surface area contributed by atoms with Gasteiger partial charge >= 0.3 is 0 Å². The highest BCUT2D eigenvalue weighted by Crippen LogP contribution is 2.13. The highest BCUT2D eigenvalue weighted by molar-refractivity contribution is 7.89. The number of nitrogens with one attached hydrogen (secondary N) is 1. The summed E-state index contributed by atoms with van der Waals surface area (Å²) in [6.07, 6.45) is 0. The number of rotatable bonds is 4. The van der Waals surface area contributed by atoms with Gasteiger partial charge in [-0.3, -0.25) is 0 Å². The Morgan fingerprint density at radius 2 is 1.93 bits per heavy atom. The minimum Gasteiger partial charge on any atom is -0.508 e. The molecule has 0 saturated carbocycles. The van der Waals surface area contributed by atoms with E-state index in [4.69, 9.17) is 5.11 Å². The molecule has 4 nitrogen and oxygen atoms in total. The van der Waals surface area contributed by atoms with Gasteiger partial charge in [0.1, 0.15) is 5.75 Å². The van der Waals surface area contributed by atoms with E-state index in [0.717, 1.165) is 5.57 Å². The first-order valence-electron chi connectivity index (χ1n) is 4.35. The molecule has 0 spiro atoms. The third-order valence-corrected chi connectivity index (χ3v) is 3.13. The minimum atomic E-state index is -3.49. The second kappa shape index (κ2) is 4.46. The number of phenolic OH excluding ortho intramolecular Hbond substituents is 1. The fraction of sp³-hybridized carbons (Fsp3) is 0.200. The molecule has 0 saturated heterocycles. The molecule has 82 valence electrons. The number of phenols is 1. The molecule has 0 aliphatic carbocycles. The highest BCUT2D eigenvalue weighted by Gasteiger charge is 2.12. The summed E-state index contributed by atoms with van der Waals surface area (Å²) in [5.41, 5.74) is 0.734. The van der Waals surface area contributed by atoms with Crippen LogP contribution in [-0.2, 0) is 10.0 Å². The first kappa shape index (κ1) is 11.7. The summed E-state index contributed by atoms with van der Waals surface area (Å²) in [6.45, 7) is 5.55. The van der Waals surface area contributed by atoms with Gasteiger partial charge in [-0.2, -0.15) is 0 Å². The van der Waals surface area contributed by atoms with Crippen LogP contribution in [0.5, 0.6) is 5.75 Å². The largest absolute Gasteiger partial charge is 0.508 e. The lowest BCUT2D eigenvalue weighted by Crippen LogP contribution is -2.25. The predicted octanol–water partition coefficient (Wildman–Crippen LogP) is 1.25. The smallest absolute Gasteiger partial charge is 0.240 e. The normalized spacial score (nSPS) is 11.3. The maximum Gasteiger partial charge on any atom is 0.240 e. The zero-order chi connectivity index (χ0) is 11.5. The van der Waals surface area contributed by atoms with Crippen LogP contribution in [0.15, 0.2) is 41.3 Å². The minimum absolute atomic E-state index is 0.0360. The average Bonchev–Trinajstić information content (AvgIpc) is 2.16. The molecule has 0 aromatic heterocycles. The third-order valence-electron chi connectivity index (χ3n) is 1.71. The Hall–Kier alpha value is -1.33. The quantitative estimate of drug-likeness (QED) is 0.761. The standard InChI is InChI=1S/C10H13NO3S/c1-8(2)7-11-15(13,14)10-5-3-9(12)4-6-10/h3-6,11-12H,1,7H2,2H3. The van der Waals surface area contributed by atoms with Crippen molar-refractivity contribution < 1.29 is 13.5 Å². The van der Waals surface area contributed by atoms with Gasteiger partial charge in [-0.15, -0.1) is 0 Å². The lowest BCUT2D eigenvalue weighted by atomic mass is 10.3. The molecule has 0 bridgehead atoms. The molecule has 5 heteroatoms. The average molecular weight is 227 g/mol. The van der Waals surface area contributed by atoms with Crippen molar-refractivity contribution in [1.29, 1.82) is 0 Å². The fourth-order valence-corrected chi connectivity index (χ4v) is 2.02. The van der Waals surface area contributed by atoms with Crippen LogP contribution in [0, 0.1) is 0 Å². The maximum absolute atomic E-state index is 11.6. The molecule has 15 heavy (non-hydrogen) atoms. The van der Waals surface area contributed by atoms with Gasteiger partial charge in [0.05, 0.1) is 4.90 Å². The van der Waals surface area contributed by atoms with Crippen LogP contribution < -0.4 is 4.72 Å². The molecule has 0 radical (unpaired) electrons. The zero-order valence-corrected chi connectivity index (χ0v) is 9.21. The lowest BCUT2D eigenvalue weighted by Gasteiger charge is -2.06. The SMILES string of the molecule is C=C(C)CNS(=O)(=O)c1ccc(O)cc1. The summed E-state index contributed by atoms with van der Waals surface area (Å²) in [7, 11) is -3.49. The van der Waals surface area contributed by atoms with Crippen molar-refractivity contribution in [3.63, 3.8) is 0 Å². The van der Waals surface area contributed by atoms with E-state index in [2.05, 4.69) is 11.3 Å². The van der Waals surface area contributed by atoms with Crippen molar-refractivity contribution in [2.45, 2.75) is 11.8 Å². The molecule has 0 atom stereocenters. The molecule has 0 aliphatic rings. The Balaban J connectivity index is 2.87. The van der Waals surface area contributed by atoms with Crippen molar-refractivity contribution in [2.24, 2.45) is 0 Å². The van der Waals surface area contributed by atoms with Gasteiger partial charge in [-0.1, -0.05) is 12.2 Å². The number of benzene rings is 1. The molecule has 0 fully saturated rings. The monoisotopic (exact) mass is 227 g/mol. The summed E-state index contributed by atoms with van der Waals surface area (Å²) in [4.78, 5) is 0.126. The molecular weight excluding hydrogens is 214 g/mol. The number of hydrogen-bond donors (Lipinski definition) is 2. The summed E-state index contributed by atoms with van der Waals surface area (Å²) in [6, 6.07) is 5.34. The number of sulfonamides is 1. The molecule has 1 aromatic carbocycles. The number of hydrogen-bond acceptors (Lipinski definition) is 3. The molecule has 1 aromatic rings. The van der Waals surface area contributed by atoms with Crippen LogP contribution in [0.25, 0.3) is 0 Å². The van der Waals surface area contributed by atoms with Gasteiger partial charge < -0.3 is 5.11 Å². The summed E-state index contributed by atoms with van der Waals surface area (Å²) >= 11 is 0. The lowest BCUT2D eigenvalue weighted by molar-refractivity contribution is 0.474. The summed E-state index contributed by atoms with van der Waals surface area (Å²) in [5.74, 6) is 0.0360. The van der Waals surface area contributed by atoms with Gasteiger partial charge in [-0.25, -0.2) is 13.1 Å². The van der Waals surface area contributed by atoms with Gasteiger partial charge in [0, 0.05) is 6.54 Å². The Bertz CT molecular complexity index is 448. The van der Waals surface area contributed by atoms with Crippen LogP contribution >= 0.6 is 0 Å². The third kappa shape index (κ3) is 3.38. The molecule has 2 N–H and O–H groups in total. The van der Waals surface area contributed by atoms with Crippen molar-refractivity contribution in [3.05, 3.63) is 36.4 Å². The zero-order valence-electron chi connectivity index (χ0n) is 8.40. The molecule has 0 aliphatic heterocycles. The van der Waals surface area contributed by atoms with Crippen LogP contribution in [0.4, 0.5) is 0 Å². The summed E-state index contributed by atoms with van der Waals surface area (Å²) < 4.78 is 25.6. The van der Waals surface area contributed by atoms with Gasteiger partial charge in [0.2, 0.25) is 10.0 Å². The molecular formula is C10H13NO3S. The maximum atomic E-state index is 11.6. The Morgan fingerprint density at radius 1 is 1.40 bits per heavy atom. The Kier molecular flexibility index (Phi) is 3.49. The molecule has 1 rings (SSSR count). The van der Waals surface area contributed by atoms with Crippen LogP contribution in [-0.4, -0.2) is 20.1 Å². The molecule has 0 unspecified atom stereocenters. The predicted molar refractivity (Wildman–Crippen MR) is 58.1 cm³/mol. The van der Waals surface area contributed by atoms with Gasteiger partial charge in [-0.05, 0) is 31.2 Å². The Morgan fingerprint density at radius 3 is 2.40 bits per heavy atom. The van der Waals surface area contributed by atoms with Crippen molar-refractivity contribution in [1.82, 2.24) is 4.72 Å². The van der Waals surface area contributed by atoms with Gasteiger partial charge in [0.25, 0.3) is 0 Å². The van der Waals surface area contributed by atoms with Crippen molar-refractivity contribution in [3.8, 4) is 5.75 Å². The van der Waals surface area contributed by atoms with E-state index in [9.17, 15) is 8.42 Å². The van der Waals surface area contributed by atoms with E-state index in [-0.39, 0.29) is 17.2 Å². The van der Waals surface area contributed by atoms with E-state index in [1.54, 1.807) is 6.92 Å². The topological polar surface area (TPSA) is 66.4 Å². The van der Waals surface area contributed by atoms with Crippen LogP contribution in [0.1, 0.15) is 6.92 Å². The van der Waals surface area contributed by atoms with Crippen LogP contribution in [0.3, 0.4) is 0 Å². The number of aromatic hydroxyl groups is 1. The fourth-order valence-electron chi connectivity index (χ4n) is 0.927. The highest BCUT2D eigenvalue weighted by atomic mass is 32.2. The second-order valence-electron chi connectivity index (χ2n) is 3.28. The summed E-state index contributed by atoms with van der Waals surface area (Å²) in [5, 5.41) is 9.01. The van der Waals surface area contributed by atoms with E-state index < -0.39 is 10.0 Å². The van der Waals surface area contributed by atoms with Gasteiger partial charge in [0.15, 0.2) is 0 Å². The Labute approximate surface area is 89.3 Å².